The molecule has 0 aliphatic carbocycles. The van der Waals surface area contributed by atoms with Crippen LogP contribution in [0.25, 0.3) is 21.7 Å². The van der Waals surface area contributed by atoms with Gasteiger partial charge in [-0.1, -0.05) is 30.3 Å². The van der Waals surface area contributed by atoms with Gasteiger partial charge in [0.05, 0.1) is 11.6 Å². The van der Waals surface area contributed by atoms with Crippen LogP contribution in [0.5, 0.6) is 0 Å². The van der Waals surface area contributed by atoms with Gasteiger partial charge in [0.15, 0.2) is 5.43 Å². The first-order chi connectivity index (χ1) is 7.86. The summed E-state index contributed by atoms with van der Waals surface area (Å²) in [7, 11) is 0. The Balaban J connectivity index is 2.74. The molecule has 0 unspecified atom stereocenters. The molecule has 16 heavy (non-hydrogen) atoms. The van der Waals surface area contributed by atoms with Gasteiger partial charge in [-0.25, -0.2) is 0 Å². The molecule has 1 heterocycles. The standard InChI is InChI=1S/C13H8N2O/c16-12-6-5-9-3-1-2-4-10(9)13-11(12)7-8-14-15-13/h1-8H. The maximum absolute atomic E-state index is 11.8. The molecule has 0 aliphatic rings. The van der Waals surface area contributed by atoms with Gasteiger partial charge in [-0.2, -0.15) is 5.10 Å². The number of benzene rings is 1. The van der Waals surface area contributed by atoms with Crippen LogP contribution in [0, 0.1) is 0 Å². The SMILES string of the molecule is O=c1ccc2ccccc2c2nnccc12. The molecule has 0 saturated carbocycles. The monoisotopic (exact) mass is 208 g/mol. The molecule has 3 nitrogen and oxygen atoms in total. The van der Waals surface area contributed by atoms with Crippen LogP contribution in [-0.4, -0.2) is 10.2 Å². The van der Waals surface area contributed by atoms with Gasteiger partial charge in [-0.05, 0) is 17.5 Å². The third-order valence-corrected chi connectivity index (χ3v) is 2.62. The van der Waals surface area contributed by atoms with E-state index in [0.717, 1.165) is 10.8 Å². The lowest BCUT2D eigenvalue weighted by Crippen LogP contribution is -1.96. The Hall–Kier alpha value is -2.29. The van der Waals surface area contributed by atoms with Crippen molar-refractivity contribution in [3.8, 4) is 0 Å². The lowest BCUT2D eigenvalue weighted by Gasteiger charge is -1.94. The van der Waals surface area contributed by atoms with Crippen molar-refractivity contribution in [1.82, 2.24) is 10.2 Å². The number of fused-ring (bicyclic) bond motifs is 3. The van der Waals surface area contributed by atoms with Crippen LogP contribution in [0.3, 0.4) is 0 Å². The molecule has 0 amide bonds. The summed E-state index contributed by atoms with van der Waals surface area (Å²) in [5, 5.41) is 10.5. The van der Waals surface area contributed by atoms with Crippen LogP contribution < -0.4 is 5.43 Å². The first-order valence-electron chi connectivity index (χ1n) is 5.00. The minimum atomic E-state index is -0.0268. The van der Waals surface area contributed by atoms with Crippen molar-refractivity contribution in [2.75, 3.05) is 0 Å². The Bertz CT molecular complexity index is 738. The smallest absolute Gasteiger partial charge is 0.188 e. The molecular weight excluding hydrogens is 200 g/mol. The first kappa shape index (κ1) is 8.97. The van der Waals surface area contributed by atoms with E-state index in [0.29, 0.717) is 10.9 Å². The maximum Gasteiger partial charge on any atom is 0.188 e. The summed E-state index contributed by atoms with van der Waals surface area (Å²) in [6.45, 7) is 0. The number of rotatable bonds is 0. The predicted molar refractivity (Wildman–Crippen MR) is 63.3 cm³/mol. The fourth-order valence-corrected chi connectivity index (χ4v) is 1.84. The Morgan fingerprint density at radius 2 is 1.75 bits per heavy atom. The van der Waals surface area contributed by atoms with Crippen LogP contribution in [0.1, 0.15) is 0 Å². The molecule has 3 aromatic rings. The second-order valence-corrected chi connectivity index (χ2v) is 3.58. The largest absolute Gasteiger partial charge is 0.289 e. The van der Waals surface area contributed by atoms with E-state index in [1.54, 1.807) is 18.3 Å². The van der Waals surface area contributed by atoms with E-state index in [9.17, 15) is 4.79 Å². The molecule has 0 bridgehead atoms. The summed E-state index contributed by atoms with van der Waals surface area (Å²) < 4.78 is 0. The van der Waals surface area contributed by atoms with Crippen LogP contribution >= 0.6 is 0 Å². The number of hydrogen-bond donors (Lipinski definition) is 0. The lowest BCUT2D eigenvalue weighted by atomic mass is 10.1. The van der Waals surface area contributed by atoms with Gasteiger partial charge >= 0.3 is 0 Å². The fraction of sp³-hybridized carbons (Fsp3) is 0. The molecule has 3 heteroatoms. The summed E-state index contributed by atoms with van der Waals surface area (Å²) in [6, 6.07) is 12.9. The molecular formula is C13H8N2O. The molecule has 0 N–H and O–H groups in total. The molecule has 1 aromatic heterocycles. The number of nitrogens with zero attached hydrogens (tertiary/aromatic N) is 2. The highest BCUT2D eigenvalue weighted by Crippen LogP contribution is 2.18. The summed E-state index contributed by atoms with van der Waals surface area (Å²) in [4.78, 5) is 11.8. The first-order valence-corrected chi connectivity index (χ1v) is 5.00. The Labute approximate surface area is 91.4 Å². The predicted octanol–water partition coefficient (Wildman–Crippen LogP) is 2.14. The minimum absolute atomic E-state index is 0.0268. The van der Waals surface area contributed by atoms with Crippen LogP contribution in [0.15, 0.2) is 53.5 Å². The van der Waals surface area contributed by atoms with Gasteiger partial charge < -0.3 is 0 Å². The van der Waals surface area contributed by atoms with E-state index >= 15 is 0 Å². The van der Waals surface area contributed by atoms with E-state index in [1.807, 2.05) is 30.3 Å². The van der Waals surface area contributed by atoms with Crippen molar-refractivity contribution in [3.63, 3.8) is 0 Å². The Kier molecular flexibility index (Phi) is 1.90. The van der Waals surface area contributed by atoms with Gasteiger partial charge in [-0.3, -0.25) is 4.79 Å². The van der Waals surface area contributed by atoms with Crippen LogP contribution in [-0.2, 0) is 0 Å². The average Bonchev–Trinajstić information content (AvgIpc) is 2.49. The zero-order valence-electron chi connectivity index (χ0n) is 8.42. The highest BCUT2D eigenvalue weighted by molar-refractivity contribution is 6.02. The third-order valence-electron chi connectivity index (χ3n) is 2.62. The molecule has 0 saturated heterocycles. The van der Waals surface area contributed by atoms with E-state index in [4.69, 9.17) is 0 Å². The van der Waals surface area contributed by atoms with Gasteiger partial charge in [0.2, 0.25) is 0 Å². The van der Waals surface area contributed by atoms with Crippen molar-refractivity contribution in [2.45, 2.75) is 0 Å². The van der Waals surface area contributed by atoms with E-state index in [-0.39, 0.29) is 5.43 Å². The van der Waals surface area contributed by atoms with E-state index < -0.39 is 0 Å². The second-order valence-electron chi connectivity index (χ2n) is 3.58. The summed E-state index contributed by atoms with van der Waals surface area (Å²) in [6.07, 6.45) is 1.54. The molecule has 0 spiro atoms. The van der Waals surface area contributed by atoms with E-state index in [2.05, 4.69) is 10.2 Å². The van der Waals surface area contributed by atoms with Crippen molar-refractivity contribution in [2.24, 2.45) is 0 Å². The molecule has 0 aliphatic heterocycles. The second kappa shape index (κ2) is 3.38. The zero-order valence-corrected chi connectivity index (χ0v) is 8.42. The van der Waals surface area contributed by atoms with E-state index in [1.165, 1.54) is 0 Å². The number of aromatic nitrogens is 2. The maximum atomic E-state index is 11.8. The molecule has 0 radical (unpaired) electrons. The number of hydrogen-bond acceptors (Lipinski definition) is 3. The summed E-state index contributed by atoms with van der Waals surface area (Å²) in [5.74, 6) is 0. The molecule has 3 rings (SSSR count). The molecule has 0 fully saturated rings. The highest BCUT2D eigenvalue weighted by Gasteiger charge is 2.02. The minimum Gasteiger partial charge on any atom is -0.289 e. The molecule has 76 valence electrons. The van der Waals surface area contributed by atoms with Gasteiger partial charge in [0, 0.05) is 5.39 Å². The van der Waals surface area contributed by atoms with Crippen molar-refractivity contribution >= 4 is 21.7 Å². The van der Waals surface area contributed by atoms with Crippen molar-refractivity contribution in [1.29, 1.82) is 0 Å². The van der Waals surface area contributed by atoms with Crippen molar-refractivity contribution in [3.05, 3.63) is 58.9 Å². The van der Waals surface area contributed by atoms with Crippen molar-refractivity contribution < 1.29 is 0 Å². The normalized spacial score (nSPS) is 10.8. The quantitative estimate of drug-likeness (QED) is 0.568. The van der Waals surface area contributed by atoms with Gasteiger partial charge in [0.1, 0.15) is 5.52 Å². The van der Waals surface area contributed by atoms with Crippen LogP contribution in [0.4, 0.5) is 0 Å². The van der Waals surface area contributed by atoms with Crippen LogP contribution in [0.2, 0.25) is 0 Å². The third kappa shape index (κ3) is 1.26. The molecule has 2 aromatic carbocycles. The topological polar surface area (TPSA) is 42.9 Å². The Morgan fingerprint density at radius 3 is 2.69 bits per heavy atom. The Morgan fingerprint density at radius 1 is 0.875 bits per heavy atom. The summed E-state index contributed by atoms with van der Waals surface area (Å²) >= 11 is 0. The fourth-order valence-electron chi connectivity index (χ4n) is 1.84. The average molecular weight is 208 g/mol. The van der Waals surface area contributed by atoms with Gasteiger partial charge in [-0.15, -0.1) is 5.10 Å². The molecule has 0 atom stereocenters. The lowest BCUT2D eigenvalue weighted by molar-refractivity contribution is 1.08. The summed E-state index contributed by atoms with van der Waals surface area (Å²) in [5.41, 5.74) is 0.634. The highest BCUT2D eigenvalue weighted by atomic mass is 16.1. The zero-order chi connectivity index (χ0) is 11.0. The van der Waals surface area contributed by atoms with Gasteiger partial charge in [0.25, 0.3) is 0 Å².